The van der Waals surface area contributed by atoms with E-state index in [4.69, 9.17) is 5.73 Å². The summed E-state index contributed by atoms with van der Waals surface area (Å²) >= 11 is 0. The molecule has 2 unspecified atom stereocenters. The number of aromatic amines is 1. The van der Waals surface area contributed by atoms with Crippen LogP contribution < -0.4 is 21.7 Å². The van der Waals surface area contributed by atoms with Gasteiger partial charge in [0.1, 0.15) is 5.82 Å². The van der Waals surface area contributed by atoms with E-state index in [0.717, 1.165) is 36.6 Å². The van der Waals surface area contributed by atoms with Crippen LogP contribution in [0.2, 0.25) is 0 Å². The van der Waals surface area contributed by atoms with Gasteiger partial charge in [-0.05, 0) is 68.5 Å². The van der Waals surface area contributed by atoms with Crippen molar-refractivity contribution in [2.24, 2.45) is 11.7 Å². The zero-order valence-corrected chi connectivity index (χ0v) is 18.2. The second-order valence-electron chi connectivity index (χ2n) is 8.40. The Morgan fingerprint density at radius 1 is 1.10 bits per heavy atom. The molecule has 0 spiro atoms. The highest BCUT2D eigenvalue weighted by Crippen LogP contribution is 2.39. The lowest BCUT2D eigenvalue weighted by Crippen LogP contribution is -2.24. The molecule has 31 heavy (non-hydrogen) atoms. The summed E-state index contributed by atoms with van der Waals surface area (Å²) in [5.41, 5.74) is 8.99. The first-order valence-corrected chi connectivity index (χ1v) is 11.1. The van der Waals surface area contributed by atoms with E-state index >= 15 is 0 Å². The Labute approximate surface area is 183 Å². The quantitative estimate of drug-likeness (QED) is 0.304. The van der Waals surface area contributed by atoms with Crippen molar-refractivity contribution in [3.8, 4) is 0 Å². The zero-order valence-electron chi connectivity index (χ0n) is 18.2. The highest BCUT2D eigenvalue weighted by Gasteiger charge is 2.25. The minimum Gasteiger partial charge on any atom is -0.382 e. The van der Waals surface area contributed by atoms with Crippen molar-refractivity contribution < 1.29 is 0 Å². The van der Waals surface area contributed by atoms with Gasteiger partial charge in [-0.25, -0.2) is 4.98 Å². The first-order valence-electron chi connectivity index (χ1n) is 11.1. The molecule has 1 fully saturated rings. The van der Waals surface area contributed by atoms with Crippen molar-refractivity contribution >= 4 is 29.0 Å². The number of H-pyrrole nitrogens is 1. The molecule has 2 heterocycles. The SMILES string of the molecule is CCC(CC(C)CN)Nc1ccc(Nc2nccc(Nc3cc(C4CC4)[nH]n3)n2)cc1. The maximum atomic E-state index is 5.77. The van der Waals surface area contributed by atoms with E-state index < -0.39 is 0 Å². The van der Waals surface area contributed by atoms with Crippen LogP contribution in [0.5, 0.6) is 0 Å². The van der Waals surface area contributed by atoms with Crippen LogP contribution in [0.4, 0.5) is 29.0 Å². The highest BCUT2D eigenvalue weighted by atomic mass is 15.2. The molecule has 1 saturated carbocycles. The molecule has 2 atom stereocenters. The average Bonchev–Trinajstić information content (AvgIpc) is 3.54. The number of nitrogens with one attached hydrogen (secondary N) is 4. The summed E-state index contributed by atoms with van der Waals surface area (Å²) in [7, 11) is 0. The molecule has 0 bridgehead atoms. The molecule has 164 valence electrons. The average molecular weight is 421 g/mol. The summed E-state index contributed by atoms with van der Waals surface area (Å²) in [6.07, 6.45) is 6.34. The third-order valence-electron chi connectivity index (χ3n) is 5.62. The lowest BCUT2D eigenvalue weighted by Gasteiger charge is -2.21. The maximum absolute atomic E-state index is 5.77. The summed E-state index contributed by atoms with van der Waals surface area (Å²) in [5.74, 6) is 3.16. The molecule has 2 aromatic heterocycles. The van der Waals surface area contributed by atoms with Crippen molar-refractivity contribution in [3.63, 3.8) is 0 Å². The summed E-state index contributed by atoms with van der Waals surface area (Å²) in [6, 6.07) is 12.5. The smallest absolute Gasteiger partial charge is 0.229 e. The summed E-state index contributed by atoms with van der Waals surface area (Å²) in [5, 5.41) is 17.5. The van der Waals surface area contributed by atoms with E-state index in [1.54, 1.807) is 6.20 Å². The van der Waals surface area contributed by atoms with Crippen LogP contribution in [0, 0.1) is 5.92 Å². The molecule has 0 saturated heterocycles. The van der Waals surface area contributed by atoms with Gasteiger partial charge >= 0.3 is 0 Å². The van der Waals surface area contributed by atoms with Crippen LogP contribution >= 0.6 is 0 Å². The van der Waals surface area contributed by atoms with E-state index in [0.29, 0.717) is 29.6 Å². The third-order valence-corrected chi connectivity index (χ3v) is 5.62. The Kier molecular flexibility index (Phi) is 6.66. The minimum absolute atomic E-state index is 0.422. The number of hydrogen-bond acceptors (Lipinski definition) is 7. The van der Waals surface area contributed by atoms with E-state index in [1.807, 2.05) is 18.2 Å². The molecule has 1 aliphatic rings. The van der Waals surface area contributed by atoms with Gasteiger partial charge in [-0.15, -0.1) is 0 Å². The molecule has 6 N–H and O–H groups in total. The fraction of sp³-hybridized carbons (Fsp3) is 0.435. The lowest BCUT2D eigenvalue weighted by molar-refractivity contribution is 0.482. The molecule has 8 heteroatoms. The second kappa shape index (κ2) is 9.78. The first kappa shape index (κ1) is 21.1. The Morgan fingerprint density at radius 2 is 1.87 bits per heavy atom. The van der Waals surface area contributed by atoms with Crippen LogP contribution in [0.15, 0.2) is 42.6 Å². The van der Waals surface area contributed by atoms with Gasteiger partial charge in [0.2, 0.25) is 5.95 Å². The molecule has 0 amide bonds. The third kappa shape index (κ3) is 5.95. The summed E-state index contributed by atoms with van der Waals surface area (Å²) < 4.78 is 0. The number of nitrogens with zero attached hydrogens (tertiary/aromatic N) is 3. The topological polar surface area (TPSA) is 117 Å². The number of nitrogens with two attached hydrogens (primary N) is 1. The minimum atomic E-state index is 0.422. The van der Waals surface area contributed by atoms with Gasteiger partial charge in [-0.3, -0.25) is 5.10 Å². The van der Waals surface area contributed by atoms with Gasteiger partial charge in [0, 0.05) is 41.3 Å². The van der Waals surface area contributed by atoms with Crippen LogP contribution in [-0.4, -0.2) is 32.8 Å². The molecule has 1 aliphatic carbocycles. The predicted octanol–water partition coefficient (Wildman–Crippen LogP) is 4.74. The Hall–Kier alpha value is -3.13. The van der Waals surface area contributed by atoms with Gasteiger partial charge in [-0.1, -0.05) is 13.8 Å². The molecule has 1 aromatic carbocycles. The Balaban J connectivity index is 1.34. The highest BCUT2D eigenvalue weighted by molar-refractivity contribution is 5.60. The number of aromatic nitrogens is 4. The summed E-state index contributed by atoms with van der Waals surface area (Å²) in [4.78, 5) is 8.87. The normalized spacial score (nSPS) is 15.3. The Bertz CT molecular complexity index is 964. The zero-order chi connectivity index (χ0) is 21.6. The monoisotopic (exact) mass is 420 g/mol. The van der Waals surface area contributed by atoms with Gasteiger partial charge in [0.05, 0.1) is 0 Å². The second-order valence-corrected chi connectivity index (χ2v) is 8.40. The van der Waals surface area contributed by atoms with Crippen molar-refractivity contribution in [3.05, 3.63) is 48.3 Å². The van der Waals surface area contributed by atoms with Crippen LogP contribution in [-0.2, 0) is 0 Å². The van der Waals surface area contributed by atoms with E-state index in [1.165, 1.54) is 18.5 Å². The predicted molar refractivity (Wildman–Crippen MR) is 126 cm³/mol. The molecule has 8 nitrogen and oxygen atoms in total. The number of anilines is 5. The van der Waals surface area contributed by atoms with Crippen molar-refractivity contribution in [1.82, 2.24) is 20.2 Å². The largest absolute Gasteiger partial charge is 0.382 e. The van der Waals surface area contributed by atoms with Crippen molar-refractivity contribution in [1.29, 1.82) is 0 Å². The van der Waals surface area contributed by atoms with Crippen LogP contribution in [0.1, 0.15) is 51.1 Å². The number of benzene rings is 1. The molecular weight excluding hydrogens is 388 g/mol. The van der Waals surface area contributed by atoms with Crippen molar-refractivity contribution in [2.75, 3.05) is 22.5 Å². The molecule has 3 aromatic rings. The maximum Gasteiger partial charge on any atom is 0.229 e. The standard InChI is InChI=1S/C23H32N8/c1-3-17(12-15(2)14-24)26-18-6-8-19(9-7-18)27-23-25-11-10-21(29-23)28-22-13-20(30-31-22)16-4-5-16/h6-11,13,15-17,26H,3-5,12,14,24H2,1-2H3,(H3,25,27,28,29,30,31). The van der Waals surface area contributed by atoms with Gasteiger partial charge < -0.3 is 21.7 Å². The lowest BCUT2D eigenvalue weighted by atomic mass is 10.00. The van der Waals surface area contributed by atoms with Crippen molar-refractivity contribution in [2.45, 2.75) is 51.5 Å². The van der Waals surface area contributed by atoms with Crippen LogP contribution in [0.3, 0.4) is 0 Å². The van der Waals surface area contributed by atoms with Crippen LogP contribution in [0.25, 0.3) is 0 Å². The molecule has 0 aliphatic heterocycles. The first-order chi connectivity index (χ1) is 15.1. The van der Waals surface area contributed by atoms with Gasteiger partial charge in [-0.2, -0.15) is 10.1 Å². The molecule has 0 radical (unpaired) electrons. The fourth-order valence-corrected chi connectivity index (χ4v) is 3.55. The van der Waals surface area contributed by atoms with E-state index in [2.05, 4.69) is 68.2 Å². The van der Waals surface area contributed by atoms with E-state index in [-0.39, 0.29) is 0 Å². The van der Waals surface area contributed by atoms with E-state index in [9.17, 15) is 0 Å². The van der Waals surface area contributed by atoms with Gasteiger partial charge in [0.15, 0.2) is 5.82 Å². The van der Waals surface area contributed by atoms with Gasteiger partial charge in [0.25, 0.3) is 0 Å². The number of hydrogen-bond donors (Lipinski definition) is 5. The molecule has 4 rings (SSSR count). The number of rotatable bonds is 11. The molecular formula is C23H32N8. The Morgan fingerprint density at radius 3 is 2.58 bits per heavy atom. The fourth-order valence-electron chi connectivity index (χ4n) is 3.55. The summed E-state index contributed by atoms with van der Waals surface area (Å²) in [6.45, 7) is 5.11.